The minimum atomic E-state index is -0.496. The average molecular weight is 404 g/mol. The lowest BCUT2D eigenvalue weighted by Crippen LogP contribution is -2.54. The van der Waals surface area contributed by atoms with Crippen LogP contribution in [0.2, 0.25) is 0 Å². The van der Waals surface area contributed by atoms with Gasteiger partial charge in [-0.1, -0.05) is 55.5 Å². The number of hydrogen-bond donors (Lipinski definition) is 1. The molecule has 0 aromatic heterocycles. The Morgan fingerprint density at radius 2 is 1.69 bits per heavy atom. The zero-order chi connectivity index (χ0) is 20.6. The molecule has 1 N–H and O–H groups in total. The van der Waals surface area contributed by atoms with Gasteiger partial charge in [-0.3, -0.25) is 19.7 Å². The Morgan fingerprint density at radius 3 is 2.34 bits per heavy atom. The summed E-state index contributed by atoms with van der Waals surface area (Å²) in [6.07, 6.45) is 0.743. The molecule has 0 saturated carbocycles. The van der Waals surface area contributed by atoms with Crippen molar-refractivity contribution in [2.45, 2.75) is 38.1 Å². The monoisotopic (exact) mass is 404 g/mol. The maximum Gasteiger partial charge on any atom is 0.290 e. The first-order chi connectivity index (χ1) is 13.7. The first kappa shape index (κ1) is 18.2. The van der Waals surface area contributed by atoms with E-state index in [1.807, 2.05) is 35.2 Å². The van der Waals surface area contributed by atoms with E-state index >= 15 is 0 Å². The zero-order valence-electron chi connectivity index (χ0n) is 16.4. The first-order valence-corrected chi connectivity index (χ1v) is 10.4. The van der Waals surface area contributed by atoms with Gasteiger partial charge in [0.2, 0.25) is 0 Å². The lowest BCUT2D eigenvalue weighted by Gasteiger charge is -2.49. The molecule has 1 atom stereocenters. The van der Waals surface area contributed by atoms with Gasteiger partial charge < -0.3 is 4.90 Å². The molecule has 146 valence electrons. The van der Waals surface area contributed by atoms with Gasteiger partial charge in [0.15, 0.2) is 0 Å². The number of nitrogens with zero attached hydrogens (tertiary/aromatic N) is 1. The van der Waals surface area contributed by atoms with Gasteiger partial charge in [-0.2, -0.15) is 0 Å². The van der Waals surface area contributed by atoms with Gasteiger partial charge >= 0.3 is 0 Å². The molecule has 3 aliphatic heterocycles. The predicted octanol–water partition coefficient (Wildman–Crippen LogP) is 4.22. The number of imide groups is 1. The van der Waals surface area contributed by atoms with E-state index in [1.54, 1.807) is 0 Å². The number of carbonyl (C=O) groups is 3. The molecule has 1 saturated heterocycles. The number of anilines is 1. The van der Waals surface area contributed by atoms with E-state index < -0.39 is 16.7 Å². The fourth-order valence-electron chi connectivity index (χ4n) is 5.14. The summed E-state index contributed by atoms with van der Waals surface area (Å²) in [6.45, 7) is 6.34. The molecule has 3 aliphatic rings. The van der Waals surface area contributed by atoms with Crippen molar-refractivity contribution in [2.75, 3.05) is 4.90 Å². The summed E-state index contributed by atoms with van der Waals surface area (Å²) in [4.78, 5) is 39.7. The van der Waals surface area contributed by atoms with E-state index in [0.717, 1.165) is 35.0 Å². The van der Waals surface area contributed by atoms with Crippen LogP contribution < -0.4 is 10.2 Å². The molecule has 0 radical (unpaired) electrons. The minimum Gasteiger partial charge on any atom is -0.302 e. The third kappa shape index (κ3) is 2.38. The summed E-state index contributed by atoms with van der Waals surface area (Å²) >= 11 is 0.806. The maximum absolute atomic E-state index is 13.5. The molecule has 0 unspecified atom stereocenters. The van der Waals surface area contributed by atoms with Crippen molar-refractivity contribution in [1.82, 2.24) is 5.32 Å². The van der Waals surface area contributed by atoms with E-state index in [9.17, 15) is 14.4 Å². The summed E-state index contributed by atoms with van der Waals surface area (Å²) in [5, 5.41) is 1.84. The van der Waals surface area contributed by atoms with Gasteiger partial charge in [0.05, 0.1) is 16.2 Å². The summed E-state index contributed by atoms with van der Waals surface area (Å²) in [7, 11) is 0. The highest BCUT2D eigenvalue weighted by molar-refractivity contribution is 8.18. The van der Waals surface area contributed by atoms with Crippen LogP contribution in [-0.4, -0.2) is 22.6 Å². The van der Waals surface area contributed by atoms with Crippen LogP contribution in [0, 0.1) is 0 Å². The quantitative estimate of drug-likeness (QED) is 0.723. The molecule has 29 heavy (non-hydrogen) atoms. The molecular formula is C23H20N2O3S. The second kappa shape index (κ2) is 5.83. The number of amides is 3. The maximum atomic E-state index is 13.5. The SMILES string of the molecule is CC1(C)C[C@](C)(c2ccccc2)c2cccc3c2N1C(=O)/C3=C1\SC(=O)NC1=O. The molecule has 2 aromatic carbocycles. The van der Waals surface area contributed by atoms with Crippen LogP contribution in [0.15, 0.2) is 53.4 Å². The van der Waals surface area contributed by atoms with Crippen molar-refractivity contribution in [3.05, 3.63) is 70.1 Å². The standard InChI is InChI=1S/C23H20N2O3S/c1-22(2)12-23(3,13-8-5-4-6-9-13)15-11-7-10-14-16(20(27)25(22)17(14)15)18-19(26)24-21(28)29-18/h4-11H,12H2,1-3H3,(H,24,26,28)/b18-16-/t23-/m1/s1. The lowest BCUT2D eigenvalue weighted by atomic mass is 9.65. The number of rotatable bonds is 1. The van der Waals surface area contributed by atoms with Crippen LogP contribution in [0.25, 0.3) is 5.57 Å². The Hall–Kier alpha value is -2.86. The Bertz CT molecular complexity index is 1140. The second-order valence-corrected chi connectivity index (χ2v) is 9.56. The summed E-state index contributed by atoms with van der Waals surface area (Å²) in [5.41, 5.74) is 3.44. The fourth-order valence-corrected chi connectivity index (χ4v) is 5.91. The van der Waals surface area contributed by atoms with Crippen molar-refractivity contribution in [3.8, 4) is 0 Å². The van der Waals surface area contributed by atoms with Crippen molar-refractivity contribution in [1.29, 1.82) is 0 Å². The second-order valence-electron chi connectivity index (χ2n) is 8.58. The average Bonchev–Trinajstić information content (AvgIpc) is 3.16. The van der Waals surface area contributed by atoms with E-state index in [-0.39, 0.29) is 16.2 Å². The summed E-state index contributed by atoms with van der Waals surface area (Å²) in [5.74, 6) is -0.704. The Balaban J connectivity index is 1.82. The molecular weight excluding hydrogens is 384 g/mol. The number of benzene rings is 2. The molecule has 5 nitrogen and oxygen atoms in total. The topological polar surface area (TPSA) is 66.5 Å². The molecule has 3 amide bonds. The van der Waals surface area contributed by atoms with Crippen molar-refractivity contribution >= 4 is 40.1 Å². The van der Waals surface area contributed by atoms with E-state index in [4.69, 9.17) is 0 Å². The largest absolute Gasteiger partial charge is 0.302 e. The van der Waals surface area contributed by atoms with Crippen LogP contribution in [0.4, 0.5) is 10.5 Å². The molecule has 0 spiro atoms. The summed E-state index contributed by atoms with van der Waals surface area (Å²) < 4.78 is 0. The van der Waals surface area contributed by atoms with Gasteiger partial charge in [0.25, 0.3) is 17.1 Å². The van der Waals surface area contributed by atoms with Gasteiger partial charge in [-0.05, 0) is 43.2 Å². The van der Waals surface area contributed by atoms with Crippen LogP contribution in [0.5, 0.6) is 0 Å². The predicted molar refractivity (Wildman–Crippen MR) is 114 cm³/mol. The molecule has 3 heterocycles. The zero-order valence-corrected chi connectivity index (χ0v) is 17.2. The highest BCUT2D eigenvalue weighted by atomic mass is 32.2. The number of para-hydroxylation sites is 1. The van der Waals surface area contributed by atoms with E-state index in [0.29, 0.717) is 5.57 Å². The van der Waals surface area contributed by atoms with Crippen LogP contribution in [0.3, 0.4) is 0 Å². The highest BCUT2D eigenvalue weighted by Crippen LogP contribution is 2.57. The molecule has 5 rings (SSSR count). The minimum absolute atomic E-state index is 0.194. The van der Waals surface area contributed by atoms with Crippen molar-refractivity contribution in [3.63, 3.8) is 0 Å². The Labute approximate surface area is 173 Å². The van der Waals surface area contributed by atoms with Gasteiger partial charge in [0, 0.05) is 16.5 Å². The highest BCUT2D eigenvalue weighted by Gasteiger charge is 2.53. The first-order valence-electron chi connectivity index (χ1n) is 9.55. The summed E-state index contributed by atoms with van der Waals surface area (Å²) in [6, 6.07) is 16.2. The Morgan fingerprint density at radius 1 is 0.966 bits per heavy atom. The van der Waals surface area contributed by atoms with Crippen molar-refractivity contribution in [2.24, 2.45) is 0 Å². The molecule has 1 fully saturated rings. The number of hydrogen-bond acceptors (Lipinski definition) is 4. The van der Waals surface area contributed by atoms with Crippen LogP contribution in [-0.2, 0) is 15.0 Å². The number of thioether (sulfide) groups is 1. The van der Waals surface area contributed by atoms with E-state index in [2.05, 4.69) is 44.3 Å². The van der Waals surface area contributed by atoms with Crippen molar-refractivity contribution < 1.29 is 14.4 Å². The number of nitrogens with one attached hydrogen (secondary N) is 1. The third-order valence-electron chi connectivity index (χ3n) is 6.19. The fraction of sp³-hybridized carbons (Fsp3) is 0.261. The molecule has 2 aromatic rings. The smallest absolute Gasteiger partial charge is 0.290 e. The molecule has 6 heteroatoms. The van der Waals surface area contributed by atoms with E-state index in [1.165, 1.54) is 5.56 Å². The molecule has 0 aliphatic carbocycles. The van der Waals surface area contributed by atoms with Crippen LogP contribution >= 0.6 is 11.8 Å². The molecule has 0 bridgehead atoms. The van der Waals surface area contributed by atoms with Gasteiger partial charge in [-0.15, -0.1) is 0 Å². The lowest BCUT2D eigenvalue weighted by molar-refractivity contribution is -0.116. The van der Waals surface area contributed by atoms with Gasteiger partial charge in [-0.25, -0.2) is 0 Å². The number of carbonyl (C=O) groups excluding carboxylic acids is 3. The third-order valence-corrected chi connectivity index (χ3v) is 7.07. The van der Waals surface area contributed by atoms with Crippen LogP contribution in [0.1, 0.15) is 43.9 Å². The van der Waals surface area contributed by atoms with Gasteiger partial charge in [0.1, 0.15) is 0 Å². The Kier molecular flexibility index (Phi) is 3.65. The normalized spacial score (nSPS) is 27.3.